The summed E-state index contributed by atoms with van der Waals surface area (Å²) in [6.45, 7) is 2.14. The highest BCUT2D eigenvalue weighted by atomic mass is 35.5. The Morgan fingerprint density at radius 3 is 2.86 bits per heavy atom. The number of ether oxygens (including phenoxy) is 1. The molecule has 0 fully saturated rings. The molecular weight excluding hydrogens is 202 g/mol. The molecule has 1 aromatic rings. The summed E-state index contributed by atoms with van der Waals surface area (Å²) in [7, 11) is 1.59. The summed E-state index contributed by atoms with van der Waals surface area (Å²) in [5, 5.41) is 0.585. The first-order chi connectivity index (χ1) is 6.69. The van der Waals surface area contributed by atoms with Crippen molar-refractivity contribution in [2.24, 2.45) is 4.99 Å². The van der Waals surface area contributed by atoms with Gasteiger partial charge in [0.2, 0.25) is 6.08 Å². The van der Waals surface area contributed by atoms with Crippen molar-refractivity contribution in [3.05, 3.63) is 28.3 Å². The van der Waals surface area contributed by atoms with Crippen LogP contribution in [0.1, 0.15) is 11.1 Å². The van der Waals surface area contributed by atoms with Gasteiger partial charge >= 0.3 is 0 Å². The fourth-order valence-corrected chi connectivity index (χ4v) is 1.43. The first-order valence-corrected chi connectivity index (χ1v) is 4.43. The van der Waals surface area contributed by atoms with Crippen LogP contribution in [-0.2, 0) is 11.3 Å². The molecule has 0 bridgehead atoms. The molecule has 0 saturated heterocycles. The van der Waals surface area contributed by atoms with E-state index in [9.17, 15) is 4.79 Å². The predicted octanol–water partition coefficient (Wildman–Crippen LogP) is 2.49. The van der Waals surface area contributed by atoms with Crippen LogP contribution in [-0.4, -0.2) is 13.2 Å². The fourth-order valence-electron chi connectivity index (χ4n) is 1.15. The van der Waals surface area contributed by atoms with E-state index >= 15 is 0 Å². The molecule has 0 aliphatic carbocycles. The lowest BCUT2D eigenvalue weighted by Gasteiger charge is -2.07. The van der Waals surface area contributed by atoms with E-state index < -0.39 is 0 Å². The summed E-state index contributed by atoms with van der Waals surface area (Å²) in [6.07, 6.45) is 1.47. The summed E-state index contributed by atoms with van der Waals surface area (Å²) in [4.78, 5) is 13.4. The molecule has 4 heteroatoms. The highest BCUT2D eigenvalue weighted by Crippen LogP contribution is 2.26. The topological polar surface area (TPSA) is 38.7 Å². The minimum Gasteiger partial charge on any atom is -0.496 e. The van der Waals surface area contributed by atoms with E-state index in [0.717, 1.165) is 16.9 Å². The van der Waals surface area contributed by atoms with E-state index in [0.29, 0.717) is 5.02 Å². The fraction of sp³-hybridized carbons (Fsp3) is 0.300. The van der Waals surface area contributed by atoms with Gasteiger partial charge in [0.1, 0.15) is 5.75 Å². The van der Waals surface area contributed by atoms with Crippen LogP contribution in [0.25, 0.3) is 0 Å². The average molecular weight is 212 g/mol. The summed E-state index contributed by atoms with van der Waals surface area (Å²) < 4.78 is 5.12. The normalized spacial score (nSPS) is 9.36. The molecule has 3 nitrogen and oxygen atoms in total. The van der Waals surface area contributed by atoms with Crippen molar-refractivity contribution >= 4 is 17.7 Å². The standard InChI is InChI=1S/C10H10ClNO2/c1-7-3-9(11)8(5-12-6-13)4-10(7)14-2/h3-4H,5H2,1-2H3. The van der Waals surface area contributed by atoms with E-state index in [-0.39, 0.29) is 6.54 Å². The molecule has 0 atom stereocenters. The average Bonchev–Trinajstić information content (AvgIpc) is 2.17. The lowest BCUT2D eigenvalue weighted by molar-refractivity contribution is 0.411. The Labute approximate surface area is 87.4 Å². The molecule has 14 heavy (non-hydrogen) atoms. The van der Waals surface area contributed by atoms with Crippen LogP contribution in [0.5, 0.6) is 5.75 Å². The Morgan fingerprint density at radius 1 is 1.57 bits per heavy atom. The smallest absolute Gasteiger partial charge is 0.235 e. The maximum absolute atomic E-state index is 9.94. The van der Waals surface area contributed by atoms with Gasteiger partial charge in [0.05, 0.1) is 13.7 Å². The number of halogens is 1. The maximum atomic E-state index is 9.94. The minimum absolute atomic E-state index is 0.235. The van der Waals surface area contributed by atoms with Gasteiger partial charge in [0.25, 0.3) is 0 Å². The summed E-state index contributed by atoms with van der Waals surface area (Å²) in [5.41, 5.74) is 1.72. The number of benzene rings is 1. The Morgan fingerprint density at radius 2 is 2.29 bits per heavy atom. The third kappa shape index (κ3) is 2.34. The number of rotatable bonds is 3. The van der Waals surface area contributed by atoms with Gasteiger partial charge in [-0.1, -0.05) is 11.6 Å². The second-order valence-corrected chi connectivity index (χ2v) is 3.23. The molecule has 0 amide bonds. The minimum atomic E-state index is 0.235. The SMILES string of the molecule is COc1cc(CN=C=O)c(Cl)cc1C. The molecule has 0 aliphatic rings. The van der Waals surface area contributed by atoms with Crippen molar-refractivity contribution in [2.75, 3.05) is 7.11 Å². The largest absolute Gasteiger partial charge is 0.496 e. The summed E-state index contributed by atoms with van der Waals surface area (Å²) in [6, 6.07) is 3.56. The van der Waals surface area contributed by atoms with Gasteiger partial charge in [-0.3, -0.25) is 0 Å². The molecule has 74 valence electrons. The monoisotopic (exact) mass is 211 g/mol. The van der Waals surface area contributed by atoms with E-state index in [1.807, 2.05) is 6.92 Å². The lowest BCUT2D eigenvalue weighted by atomic mass is 10.1. The predicted molar refractivity (Wildman–Crippen MR) is 54.6 cm³/mol. The van der Waals surface area contributed by atoms with E-state index in [4.69, 9.17) is 16.3 Å². The molecule has 0 aromatic heterocycles. The quantitative estimate of drug-likeness (QED) is 0.569. The van der Waals surface area contributed by atoms with Crippen molar-refractivity contribution in [2.45, 2.75) is 13.5 Å². The van der Waals surface area contributed by atoms with Crippen LogP contribution >= 0.6 is 11.6 Å². The third-order valence-corrected chi connectivity index (χ3v) is 2.23. The molecule has 0 unspecified atom stereocenters. The molecule has 0 heterocycles. The van der Waals surface area contributed by atoms with Crippen LogP contribution in [0.3, 0.4) is 0 Å². The van der Waals surface area contributed by atoms with E-state index in [1.54, 1.807) is 19.2 Å². The number of hydrogen-bond acceptors (Lipinski definition) is 3. The number of hydrogen-bond donors (Lipinski definition) is 0. The maximum Gasteiger partial charge on any atom is 0.235 e. The number of nitrogens with zero attached hydrogens (tertiary/aromatic N) is 1. The zero-order chi connectivity index (χ0) is 10.6. The summed E-state index contributed by atoms with van der Waals surface area (Å²) >= 11 is 5.95. The number of aliphatic imine (C=N–C) groups is 1. The van der Waals surface area contributed by atoms with Gasteiger partial charge in [-0.05, 0) is 30.2 Å². The third-order valence-electron chi connectivity index (χ3n) is 1.88. The van der Waals surface area contributed by atoms with Gasteiger partial charge in [-0.15, -0.1) is 0 Å². The highest BCUT2D eigenvalue weighted by molar-refractivity contribution is 6.31. The van der Waals surface area contributed by atoms with Gasteiger partial charge < -0.3 is 4.74 Å². The lowest BCUT2D eigenvalue weighted by Crippen LogP contribution is -1.91. The van der Waals surface area contributed by atoms with Crippen LogP contribution < -0.4 is 4.74 Å². The zero-order valence-electron chi connectivity index (χ0n) is 8.00. The number of methoxy groups -OCH3 is 1. The van der Waals surface area contributed by atoms with Crippen molar-refractivity contribution in [1.82, 2.24) is 0 Å². The molecule has 0 aliphatic heterocycles. The first kappa shape index (κ1) is 10.8. The van der Waals surface area contributed by atoms with E-state index in [2.05, 4.69) is 4.99 Å². The Hall–Kier alpha value is -1.31. The molecule has 0 N–H and O–H groups in total. The molecule has 1 aromatic carbocycles. The second kappa shape index (κ2) is 4.80. The molecule has 0 saturated carbocycles. The van der Waals surface area contributed by atoms with Crippen molar-refractivity contribution in [3.63, 3.8) is 0 Å². The van der Waals surface area contributed by atoms with Gasteiger partial charge in [0.15, 0.2) is 0 Å². The van der Waals surface area contributed by atoms with Crippen LogP contribution in [0.15, 0.2) is 17.1 Å². The zero-order valence-corrected chi connectivity index (χ0v) is 8.76. The Balaban J connectivity index is 3.10. The molecular formula is C10H10ClNO2. The van der Waals surface area contributed by atoms with Gasteiger partial charge in [-0.25, -0.2) is 9.79 Å². The highest BCUT2D eigenvalue weighted by Gasteiger charge is 2.05. The molecule has 0 radical (unpaired) electrons. The van der Waals surface area contributed by atoms with Crippen LogP contribution in [0, 0.1) is 6.92 Å². The van der Waals surface area contributed by atoms with Crippen molar-refractivity contribution in [1.29, 1.82) is 0 Å². The van der Waals surface area contributed by atoms with Gasteiger partial charge in [-0.2, -0.15) is 0 Å². The van der Waals surface area contributed by atoms with Gasteiger partial charge in [0, 0.05) is 5.02 Å². The Bertz CT molecular complexity index is 384. The van der Waals surface area contributed by atoms with Crippen LogP contribution in [0.2, 0.25) is 5.02 Å². The first-order valence-electron chi connectivity index (χ1n) is 4.05. The summed E-state index contributed by atoms with van der Waals surface area (Å²) in [5.74, 6) is 0.741. The molecule has 1 rings (SSSR count). The van der Waals surface area contributed by atoms with Crippen molar-refractivity contribution in [3.8, 4) is 5.75 Å². The number of carbonyl (C=O) groups excluding carboxylic acids is 1. The Kier molecular flexibility index (Phi) is 3.69. The second-order valence-electron chi connectivity index (χ2n) is 2.82. The van der Waals surface area contributed by atoms with E-state index in [1.165, 1.54) is 6.08 Å². The van der Waals surface area contributed by atoms with Crippen LogP contribution in [0.4, 0.5) is 0 Å². The number of isocyanates is 1. The number of aryl methyl sites for hydroxylation is 1. The molecule has 0 spiro atoms. The van der Waals surface area contributed by atoms with Crippen molar-refractivity contribution < 1.29 is 9.53 Å².